The number of carbonyl (C=O) groups is 1. The van der Waals surface area contributed by atoms with E-state index in [0.29, 0.717) is 36.0 Å². The van der Waals surface area contributed by atoms with Crippen molar-refractivity contribution in [3.63, 3.8) is 0 Å². The molecule has 98 valence electrons. The molecule has 1 heterocycles. The van der Waals surface area contributed by atoms with E-state index in [0.717, 1.165) is 5.56 Å². The number of ketones is 1. The molecule has 18 heavy (non-hydrogen) atoms. The zero-order valence-corrected chi connectivity index (χ0v) is 11.1. The predicted octanol–water partition coefficient (Wildman–Crippen LogP) is 2.78. The van der Waals surface area contributed by atoms with Gasteiger partial charge in [0.25, 0.3) is 0 Å². The Morgan fingerprint density at radius 2 is 2.11 bits per heavy atom. The number of methoxy groups -OCH3 is 2. The molecule has 0 amide bonds. The van der Waals surface area contributed by atoms with Crippen molar-refractivity contribution >= 4 is 17.4 Å². The highest BCUT2D eigenvalue weighted by atomic mass is 35.5. The second-order valence-corrected chi connectivity index (χ2v) is 4.43. The minimum absolute atomic E-state index is 0.195. The summed E-state index contributed by atoms with van der Waals surface area (Å²) in [6.07, 6.45) is 0.548. The van der Waals surface area contributed by atoms with Crippen LogP contribution in [0.1, 0.15) is 24.5 Å². The fourth-order valence-corrected chi connectivity index (χ4v) is 2.38. The zero-order valence-electron chi connectivity index (χ0n) is 10.4. The first kappa shape index (κ1) is 13.2. The van der Waals surface area contributed by atoms with Crippen molar-refractivity contribution in [1.82, 2.24) is 0 Å². The van der Waals surface area contributed by atoms with Gasteiger partial charge in [-0.2, -0.15) is 0 Å². The van der Waals surface area contributed by atoms with Crippen LogP contribution in [-0.4, -0.2) is 26.6 Å². The quantitative estimate of drug-likeness (QED) is 0.847. The van der Waals surface area contributed by atoms with Gasteiger partial charge in [-0.15, -0.1) is 0 Å². The SMILES string of the molecule is COc1ccc(C2CC(=O)CCO2)c(OC)c1Cl. The van der Waals surface area contributed by atoms with Gasteiger partial charge in [0.15, 0.2) is 0 Å². The molecule has 1 aromatic rings. The highest BCUT2D eigenvalue weighted by Gasteiger charge is 2.26. The van der Waals surface area contributed by atoms with E-state index in [1.807, 2.05) is 6.07 Å². The summed E-state index contributed by atoms with van der Waals surface area (Å²) in [5, 5.41) is 0.402. The van der Waals surface area contributed by atoms with Gasteiger partial charge < -0.3 is 14.2 Å². The molecule has 0 N–H and O–H groups in total. The van der Waals surface area contributed by atoms with E-state index < -0.39 is 0 Å². The molecule has 1 atom stereocenters. The van der Waals surface area contributed by atoms with E-state index in [2.05, 4.69) is 0 Å². The van der Waals surface area contributed by atoms with Crippen LogP contribution in [0.3, 0.4) is 0 Å². The van der Waals surface area contributed by atoms with E-state index in [1.165, 1.54) is 7.11 Å². The molecule has 0 aromatic heterocycles. The molecule has 1 aliphatic rings. The fraction of sp³-hybridized carbons (Fsp3) is 0.462. The van der Waals surface area contributed by atoms with Crippen LogP contribution in [0.15, 0.2) is 12.1 Å². The standard InChI is InChI=1S/C13H15ClO4/c1-16-10-4-3-9(13(17-2)12(10)14)11-7-8(15)5-6-18-11/h3-4,11H,5-7H2,1-2H3. The summed E-state index contributed by atoms with van der Waals surface area (Å²) >= 11 is 6.18. The summed E-state index contributed by atoms with van der Waals surface area (Å²) in [4.78, 5) is 11.5. The molecule has 1 unspecified atom stereocenters. The Bertz CT molecular complexity index is 459. The minimum Gasteiger partial charge on any atom is -0.495 e. The molecular weight excluding hydrogens is 256 g/mol. The third-order valence-electron chi connectivity index (χ3n) is 2.98. The van der Waals surface area contributed by atoms with Crippen molar-refractivity contribution in [3.8, 4) is 11.5 Å². The molecule has 0 radical (unpaired) electrons. The second-order valence-electron chi connectivity index (χ2n) is 4.06. The van der Waals surface area contributed by atoms with Gasteiger partial charge >= 0.3 is 0 Å². The Morgan fingerprint density at radius 3 is 2.72 bits per heavy atom. The Labute approximate surface area is 111 Å². The molecule has 5 heteroatoms. The number of carbonyl (C=O) groups excluding carboxylic acids is 1. The number of hydrogen-bond donors (Lipinski definition) is 0. The van der Waals surface area contributed by atoms with E-state index in [-0.39, 0.29) is 11.9 Å². The summed E-state index contributed by atoms with van der Waals surface area (Å²) < 4.78 is 16.0. The topological polar surface area (TPSA) is 44.8 Å². The lowest BCUT2D eigenvalue weighted by Gasteiger charge is -2.24. The summed E-state index contributed by atoms with van der Waals surface area (Å²) in [5.74, 6) is 1.25. The van der Waals surface area contributed by atoms with Gasteiger partial charge in [-0.05, 0) is 12.1 Å². The summed E-state index contributed by atoms with van der Waals surface area (Å²) in [5.41, 5.74) is 0.788. The van der Waals surface area contributed by atoms with Crippen LogP contribution < -0.4 is 9.47 Å². The van der Waals surface area contributed by atoms with Gasteiger partial charge in [0.05, 0.1) is 26.9 Å². The first-order chi connectivity index (χ1) is 8.67. The highest BCUT2D eigenvalue weighted by Crippen LogP contribution is 2.42. The van der Waals surface area contributed by atoms with Gasteiger partial charge in [0.2, 0.25) is 0 Å². The van der Waals surface area contributed by atoms with E-state index in [9.17, 15) is 4.79 Å². The molecular formula is C13H15ClO4. The van der Waals surface area contributed by atoms with Gasteiger partial charge in [-0.1, -0.05) is 11.6 Å². The average molecular weight is 271 g/mol. The Hall–Kier alpha value is -1.26. The van der Waals surface area contributed by atoms with Crippen molar-refractivity contribution in [2.75, 3.05) is 20.8 Å². The van der Waals surface area contributed by atoms with E-state index in [4.69, 9.17) is 25.8 Å². The Balaban J connectivity index is 2.38. The molecule has 0 bridgehead atoms. The number of rotatable bonds is 3. The summed E-state index contributed by atoms with van der Waals surface area (Å²) in [7, 11) is 3.08. The molecule has 0 saturated carbocycles. The maximum absolute atomic E-state index is 11.5. The molecule has 2 rings (SSSR count). The van der Waals surface area contributed by atoms with Crippen LogP contribution in [0.2, 0.25) is 5.02 Å². The maximum Gasteiger partial charge on any atom is 0.147 e. The molecule has 1 aromatic carbocycles. The second kappa shape index (κ2) is 5.59. The third-order valence-corrected chi connectivity index (χ3v) is 3.33. The number of Topliss-reactive ketones (excluding diaryl/α,β-unsaturated/α-hetero) is 1. The summed E-state index contributed by atoms with van der Waals surface area (Å²) in [6.45, 7) is 0.441. The van der Waals surface area contributed by atoms with Crippen LogP contribution in [-0.2, 0) is 9.53 Å². The molecule has 0 aliphatic carbocycles. The predicted molar refractivity (Wildman–Crippen MR) is 67.5 cm³/mol. The Kier molecular flexibility index (Phi) is 4.09. The largest absolute Gasteiger partial charge is 0.495 e. The first-order valence-corrected chi connectivity index (χ1v) is 6.08. The van der Waals surface area contributed by atoms with Crippen molar-refractivity contribution < 1.29 is 19.0 Å². The lowest BCUT2D eigenvalue weighted by molar-refractivity contribution is -0.128. The lowest BCUT2D eigenvalue weighted by Crippen LogP contribution is -2.20. The smallest absolute Gasteiger partial charge is 0.147 e. The van der Waals surface area contributed by atoms with Gasteiger partial charge in [0.1, 0.15) is 22.3 Å². The van der Waals surface area contributed by atoms with Crippen LogP contribution in [0.25, 0.3) is 0 Å². The van der Waals surface area contributed by atoms with Gasteiger partial charge in [0, 0.05) is 18.4 Å². The van der Waals surface area contributed by atoms with Gasteiger partial charge in [-0.3, -0.25) is 4.79 Å². The van der Waals surface area contributed by atoms with Gasteiger partial charge in [-0.25, -0.2) is 0 Å². The minimum atomic E-state index is -0.287. The van der Waals surface area contributed by atoms with Crippen molar-refractivity contribution in [2.45, 2.75) is 18.9 Å². The average Bonchev–Trinajstić information content (AvgIpc) is 2.38. The van der Waals surface area contributed by atoms with Crippen LogP contribution >= 0.6 is 11.6 Å². The lowest BCUT2D eigenvalue weighted by atomic mass is 9.99. The number of ether oxygens (including phenoxy) is 3. The van der Waals surface area contributed by atoms with Crippen LogP contribution in [0, 0.1) is 0 Å². The van der Waals surface area contributed by atoms with Crippen molar-refractivity contribution in [1.29, 1.82) is 0 Å². The Morgan fingerprint density at radius 1 is 1.33 bits per heavy atom. The number of hydrogen-bond acceptors (Lipinski definition) is 4. The van der Waals surface area contributed by atoms with Crippen molar-refractivity contribution in [3.05, 3.63) is 22.7 Å². The highest BCUT2D eigenvalue weighted by molar-refractivity contribution is 6.33. The van der Waals surface area contributed by atoms with E-state index >= 15 is 0 Å². The maximum atomic E-state index is 11.5. The molecule has 1 aliphatic heterocycles. The third kappa shape index (κ3) is 2.44. The van der Waals surface area contributed by atoms with Crippen molar-refractivity contribution in [2.24, 2.45) is 0 Å². The molecule has 0 spiro atoms. The summed E-state index contributed by atoms with van der Waals surface area (Å²) in [6, 6.07) is 3.58. The number of halogens is 1. The first-order valence-electron chi connectivity index (χ1n) is 5.71. The van der Waals surface area contributed by atoms with Crippen LogP contribution in [0.5, 0.6) is 11.5 Å². The normalized spacial score (nSPS) is 19.7. The monoisotopic (exact) mass is 270 g/mol. The van der Waals surface area contributed by atoms with Crippen LogP contribution in [0.4, 0.5) is 0 Å². The molecule has 1 saturated heterocycles. The molecule has 4 nitrogen and oxygen atoms in total. The molecule has 1 fully saturated rings. The number of benzene rings is 1. The van der Waals surface area contributed by atoms with E-state index in [1.54, 1.807) is 13.2 Å². The zero-order chi connectivity index (χ0) is 13.1. The fourth-order valence-electron chi connectivity index (χ4n) is 2.05.